The summed E-state index contributed by atoms with van der Waals surface area (Å²) < 4.78 is 0. The number of hydrogen-bond donors (Lipinski definition) is 0. The molecule has 0 N–H and O–H groups in total. The maximum atomic E-state index is 6.19. The van der Waals surface area contributed by atoms with Crippen LogP contribution in [0.1, 0.15) is 16.8 Å². The second kappa shape index (κ2) is 7.08. The minimum Gasteiger partial charge on any atom is -0.294 e. The van der Waals surface area contributed by atoms with Crippen molar-refractivity contribution < 1.29 is 0 Å². The topological polar surface area (TPSA) is 41.9 Å². The molecule has 0 radical (unpaired) electrons. The SMILES string of the molecule is Clc1ccc(CN2CCc3nc(-c4ccccc4)ncc3C2)c(Cl)n1. The highest BCUT2D eigenvalue weighted by molar-refractivity contribution is 6.32. The number of fused-ring (bicyclic) bond motifs is 1. The molecule has 0 fully saturated rings. The molecule has 0 atom stereocenters. The van der Waals surface area contributed by atoms with E-state index in [-0.39, 0.29) is 0 Å². The van der Waals surface area contributed by atoms with E-state index in [0.717, 1.165) is 48.7 Å². The first-order valence-electron chi connectivity index (χ1n) is 8.12. The third-order valence-electron chi connectivity index (χ3n) is 4.33. The first kappa shape index (κ1) is 16.5. The third kappa shape index (κ3) is 3.66. The lowest BCUT2D eigenvalue weighted by Crippen LogP contribution is -2.31. The Bertz CT molecular complexity index is 899. The molecule has 0 saturated carbocycles. The smallest absolute Gasteiger partial charge is 0.159 e. The number of hydrogen-bond acceptors (Lipinski definition) is 4. The lowest BCUT2D eigenvalue weighted by molar-refractivity contribution is 0.243. The molecule has 126 valence electrons. The van der Waals surface area contributed by atoms with Crippen LogP contribution in [0.4, 0.5) is 0 Å². The standard InChI is InChI=1S/C19H16Cl2N4/c20-17-7-6-14(18(21)24-17)11-25-9-8-16-15(12-25)10-22-19(23-16)13-4-2-1-3-5-13/h1-7,10H,8-9,11-12H2. The summed E-state index contributed by atoms with van der Waals surface area (Å²) >= 11 is 12.1. The summed E-state index contributed by atoms with van der Waals surface area (Å²) in [5, 5.41) is 0.883. The van der Waals surface area contributed by atoms with E-state index in [1.807, 2.05) is 42.6 Å². The Hall–Kier alpha value is -2.01. The lowest BCUT2D eigenvalue weighted by atomic mass is 10.1. The van der Waals surface area contributed by atoms with Gasteiger partial charge in [-0.25, -0.2) is 15.0 Å². The van der Waals surface area contributed by atoms with Crippen LogP contribution >= 0.6 is 23.2 Å². The van der Waals surface area contributed by atoms with Gasteiger partial charge in [-0.05, 0) is 6.07 Å². The Morgan fingerprint density at radius 3 is 2.64 bits per heavy atom. The van der Waals surface area contributed by atoms with Gasteiger partial charge in [0.2, 0.25) is 0 Å². The zero-order valence-electron chi connectivity index (χ0n) is 13.5. The quantitative estimate of drug-likeness (QED) is 0.640. The molecule has 0 amide bonds. The monoisotopic (exact) mass is 370 g/mol. The van der Waals surface area contributed by atoms with Crippen LogP contribution in [0.25, 0.3) is 11.4 Å². The molecule has 0 spiro atoms. The zero-order valence-corrected chi connectivity index (χ0v) is 15.0. The van der Waals surface area contributed by atoms with E-state index in [9.17, 15) is 0 Å². The Morgan fingerprint density at radius 1 is 1.00 bits per heavy atom. The molecule has 1 aromatic carbocycles. The summed E-state index contributed by atoms with van der Waals surface area (Å²) in [4.78, 5) is 15.7. The summed E-state index contributed by atoms with van der Waals surface area (Å²) in [5.41, 5.74) is 4.33. The second-order valence-electron chi connectivity index (χ2n) is 6.08. The van der Waals surface area contributed by atoms with Crippen molar-refractivity contribution >= 4 is 23.2 Å². The van der Waals surface area contributed by atoms with Gasteiger partial charge in [0.05, 0.1) is 5.69 Å². The summed E-state index contributed by atoms with van der Waals surface area (Å²) in [7, 11) is 0. The number of aromatic nitrogens is 3. The van der Waals surface area contributed by atoms with Crippen molar-refractivity contribution in [3.63, 3.8) is 0 Å². The normalized spacial score (nSPS) is 14.3. The fourth-order valence-corrected chi connectivity index (χ4v) is 3.44. The van der Waals surface area contributed by atoms with E-state index >= 15 is 0 Å². The van der Waals surface area contributed by atoms with Crippen LogP contribution in [0.15, 0.2) is 48.7 Å². The highest BCUT2D eigenvalue weighted by atomic mass is 35.5. The minimum absolute atomic E-state index is 0.416. The Balaban J connectivity index is 1.52. The molecule has 6 heteroatoms. The molecule has 1 aliphatic rings. The van der Waals surface area contributed by atoms with Gasteiger partial charge >= 0.3 is 0 Å². The molecule has 0 bridgehead atoms. The fraction of sp³-hybridized carbons (Fsp3) is 0.211. The maximum absolute atomic E-state index is 6.19. The fourth-order valence-electron chi connectivity index (χ4n) is 3.04. The van der Waals surface area contributed by atoms with Crippen molar-refractivity contribution in [3.8, 4) is 11.4 Å². The molecule has 0 saturated heterocycles. The highest BCUT2D eigenvalue weighted by Gasteiger charge is 2.20. The number of pyridine rings is 1. The molecule has 25 heavy (non-hydrogen) atoms. The van der Waals surface area contributed by atoms with Crippen LogP contribution in [-0.2, 0) is 19.5 Å². The maximum Gasteiger partial charge on any atom is 0.159 e. The number of halogens is 2. The zero-order chi connectivity index (χ0) is 17.2. The van der Waals surface area contributed by atoms with E-state index in [1.165, 1.54) is 5.56 Å². The van der Waals surface area contributed by atoms with Gasteiger partial charge in [0.15, 0.2) is 5.82 Å². The predicted molar refractivity (Wildman–Crippen MR) is 99.5 cm³/mol. The van der Waals surface area contributed by atoms with Crippen LogP contribution in [0.5, 0.6) is 0 Å². The average molecular weight is 371 g/mol. The van der Waals surface area contributed by atoms with Crippen molar-refractivity contribution in [2.24, 2.45) is 0 Å². The van der Waals surface area contributed by atoms with E-state index in [0.29, 0.717) is 10.3 Å². The van der Waals surface area contributed by atoms with Gasteiger partial charge in [-0.3, -0.25) is 4.90 Å². The van der Waals surface area contributed by atoms with Gasteiger partial charge in [0, 0.05) is 48.9 Å². The van der Waals surface area contributed by atoms with Gasteiger partial charge in [0.1, 0.15) is 10.3 Å². The summed E-state index contributed by atoms with van der Waals surface area (Å²) in [6.45, 7) is 2.48. The molecular formula is C19H16Cl2N4. The molecule has 1 aliphatic heterocycles. The summed E-state index contributed by atoms with van der Waals surface area (Å²) in [5.74, 6) is 0.790. The van der Waals surface area contributed by atoms with Crippen molar-refractivity contribution in [1.29, 1.82) is 0 Å². The number of rotatable bonds is 3. The van der Waals surface area contributed by atoms with Gasteiger partial charge in [-0.15, -0.1) is 0 Å². The first-order chi connectivity index (χ1) is 12.2. The predicted octanol–water partition coefficient (Wildman–Crippen LogP) is 4.40. The van der Waals surface area contributed by atoms with Gasteiger partial charge in [-0.1, -0.05) is 59.6 Å². The van der Waals surface area contributed by atoms with E-state index in [1.54, 1.807) is 6.07 Å². The molecule has 0 aliphatic carbocycles. The van der Waals surface area contributed by atoms with Crippen LogP contribution in [-0.4, -0.2) is 26.4 Å². The van der Waals surface area contributed by atoms with Crippen molar-refractivity contribution in [1.82, 2.24) is 19.9 Å². The number of nitrogens with zero attached hydrogens (tertiary/aromatic N) is 4. The first-order valence-corrected chi connectivity index (χ1v) is 8.88. The van der Waals surface area contributed by atoms with Crippen LogP contribution in [0.2, 0.25) is 10.3 Å². The van der Waals surface area contributed by atoms with Crippen molar-refractivity contribution in [3.05, 3.63) is 75.8 Å². The Morgan fingerprint density at radius 2 is 1.84 bits per heavy atom. The molecule has 2 aromatic heterocycles. The molecule has 0 unspecified atom stereocenters. The lowest BCUT2D eigenvalue weighted by Gasteiger charge is -2.28. The Labute approximate surface area is 156 Å². The van der Waals surface area contributed by atoms with E-state index in [2.05, 4.69) is 14.9 Å². The van der Waals surface area contributed by atoms with E-state index < -0.39 is 0 Å². The van der Waals surface area contributed by atoms with Gasteiger partial charge in [0.25, 0.3) is 0 Å². The second-order valence-corrected chi connectivity index (χ2v) is 6.82. The molecule has 3 aromatic rings. The molecule has 3 heterocycles. The largest absolute Gasteiger partial charge is 0.294 e. The number of benzene rings is 1. The van der Waals surface area contributed by atoms with Gasteiger partial charge < -0.3 is 0 Å². The van der Waals surface area contributed by atoms with Crippen molar-refractivity contribution in [2.75, 3.05) is 6.54 Å². The van der Waals surface area contributed by atoms with Crippen LogP contribution < -0.4 is 0 Å². The highest BCUT2D eigenvalue weighted by Crippen LogP contribution is 2.24. The van der Waals surface area contributed by atoms with Crippen LogP contribution in [0.3, 0.4) is 0 Å². The Kier molecular flexibility index (Phi) is 4.66. The summed E-state index contributed by atoms with van der Waals surface area (Å²) in [6, 6.07) is 13.8. The van der Waals surface area contributed by atoms with Crippen molar-refractivity contribution in [2.45, 2.75) is 19.5 Å². The molecule has 4 rings (SSSR count). The van der Waals surface area contributed by atoms with E-state index in [4.69, 9.17) is 28.2 Å². The molecular weight excluding hydrogens is 355 g/mol. The van der Waals surface area contributed by atoms with Crippen LogP contribution in [0, 0.1) is 0 Å². The molecule has 4 nitrogen and oxygen atoms in total. The summed E-state index contributed by atoms with van der Waals surface area (Å²) in [6.07, 6.45) is 2.84. The minimum atomic E-state index is 0.416. The average Bonchev–Trinajstić information content (AvgIpc) is 2.64. The van der Waals surface area contributed by atoms with Gasteiger partial charge in [-0.2, -0.15) is 0 Å². The third-order valence-corrected chi connectivity index (χ3v) is 4.87.